The highest BCUT2D eigenvalue weighted by atomic mass is 32.1. The molecule has 0 saturated heterocycles. The lowest BCUT2D eigenvalue weighted by atomic mass is 10.2. The molecule has 154 valence electrons. The summed E-state index contributed by atoms with van der Waals surface area (Å²) in [7, 11) is 5.50. The minimum absolute atomic E-state index is 0.162. The highest BCUT2D eigenvalue weighted by Crippen LogP contribution is 2.36. The molecule has 0 spiro atoms. The van der Waals surface area contributed by atoms with Crippen molar-refractivity contribution in [3.63, 3.8) is 0 Å². The van der Waals surface area contributed by atoms with Gasteiger partial charge < -0.3 is 14.4 Å². The zero-order valence-electron chi connectivity index (χ0n) is 16.9. The molecule has 1 heterocycles. The summed E-state index contributed by atoms with van der Waals surface area (Å²) in [5.74, 6) is 0.548. The van der Waals surface area contributed by atoms with Gasteiger partial charge in [0.15, 0.2) is 11.7 Å². The summed E-state index contributed by atoms with van der Waals surface area (Å²) in [6, 6.07) is 9.45. The summed E-state index contributed by atoms with van der Waals surface area (Å²) in [6.45, 7) is 2.99. The Kier molecular flexibility index (Phi) is 6.66. The van der Waals surface area contributed by atoms with Gasteiger partial charge in [0.25, 0.3) is 5.91 Å². The van der Waals surface area contributed by atoms with Gasteiger partial charge in [-0.15, -0.1) is 0 Å². The van der Waals surface area contributed by atoms with Gasteiger partial charge in [0.1, 0.15) is 22.8 Å². The van der Waals surface area contributed by atoms with Crippen LogP contribution in [0.3, 0.4) is 0 Å². The van der Waals surface area contributed by atoms with E-state index < -0.39 is 0 Å². The highest BCUT2D eigenvalue weighted by molar-refractivity contribution is 7.22. The normalized spacial score (nSPS) is 11.1. The minimum atomic E-state index is -0.352. The molecule has 0 aliphatic carbocycles. The van der Waals surface area contributed by atoms with Crippen LogP contribution in [-0.4, -0.2) is 56.7 Å². The van der Waals surface area contributed by atoms with Gasteiger partial charge in [-0.25, -0.2) is 9.37 Å². The lowest BCUT2D eigenvalue weighted by Crippen LogP contribution is -2.39. The number of carbonyl (C=O) groups excluding carboxylic acids is 1. The van der Waals surface area contributed by atoms with Crippen molar-refractivity contribution in [1.82, 2.24) is 9.88 Å². The molecule has 8 heteroatoms. The van der Waals surface area contributed by atoms with Crippen LogP contribution in [0.1, 0.15) is 5.56 Å². The number of ether oxygens (including phenoxy) is 2. The molecule has 0 saturated carbocycles. The van der Waals surface area contributed by atoms with Crippen LogP contribution in [-0.2, 0) is 4.79 Å². The smallest absolute Gasteiger partial charge is 0.266 e. The molecule has 29 heavy (non-hydrogen) atoms. The van der Waals surface area contributed by atoms with Crippen LogP contribution in [0.2, 0.25) is 0 Å². The second kappa shape index (κ2) is 9.19. The second-order valence-electron chi connectivity index (χ2n) is 6.85. The van der Waals surface area contributed by atoms with Crippen LogP contribution in [0, 0.1) is 12.7 Å². The number of rotatable bonds is 8. The Balaban J connectivity index is 1.86. The van der Waals surface area contributed by atoms with E-state index in [1.807, 2.05) is 38.1 Å². The molecule has 0 bridgehead atoms. The van der Waals surface area contributed by atoms with E-state index >= 15 is 0 Å². The van der Waals surface area contributed by atoms with Gasteiger partial charge in [-0.05, 0) is 56.9 Å². The lowest BCUT2D eigenvalue weighted by Gasteiger charge is -2.22. The van der Waals surface area contributed by atoms with Gasteiger partial charge in [0, 0.05) is 13.1 Å². The van der Waals surface area contributed by atoms with Crippen molar-refractivity contribution < 1.29 is 18.7 Å². The average molecular weight is 418 g/mol. The van der Waals surface area contributed by atoms with Gasteiger partial charge in [-0.2, -0.15) is 0 Å². The fourth-order valence-electron chi connectivity index (χ4n) is 2.76. The van der Waals surface area contributed by atoms with Gasteiger partial charge in [0.2, 0.25) is 0 Å². The quantitative estimate of drug-likeness (QED) is 0.559. The molecule has 1 amide bonds. The second-order valence-corrected chi connectivity index (χ2v) is 7.83. The summed E-state index contributed by atoms with van der Waals surface area (Å²) >= 11 is 1.46. The van der Waals surface area contributed by atoms with E-state index in [-0.39, 0.29) is 18.3 Å². The van der Waals surface area contributed by atoms with Crippen molar-refractivity contribution in [1.29, 1.82) is 0 Å². The molecule has 0 fully saturated rings. The van der Waals surface area contributed by atoms with Gasteiger partial charge >= 0.3 is 0 Å². The topological polar surface area (TPSA) is 54.9 Å². The van der Waals surface area contributed by atoms with Crippen LogP contribution in [0.25, 0.3) is 10.2 Å². The third kappa shape index (κ3) is 5.02. The number of anilines is 1. The molecule has 0 atom stereocenters. The van der Waals surface area contributed by atoms with Crippen LogP contribution >= 0.6 is 11.3 Å². The molecule has 2 aromatic carbocycles. The number of likely N-dealkylation sites (N-methyl/N-ethyl adjacent to an activating group) is 1. The maximum Gasteiger partial charge on any atom is 0.266 e. The highest BCUT2D eigenvalue weighted by Gasteiger charge is 2.22. The molecule has 0 aliphatic heterocycles. The van der Waals surface area contributed by atoms with Crippen LogP contribution in [0.4, 0.5) is 9.52 Å². The first kappa shape index (κ1) is 21.0. The first-order valence-corrected chi connectivity index (χ1v) is 9.98. The molecule has 0 radical (unpaired) electrons. The fourth-order valence-corrected chi connectivity index (χ4v) is 3.85. The van der Waals surface area contributed by atoms with Crippen molar-refractivity contribution >= 4 is 32.6 Å². The van der Waals surface area contributed by atoms with E-state index in [0.717, 1.165) is 15.8 Å². The number of nitrogens with zero attached hydrogens (tertiary/aromatic N) is 3. The summed E-state index contributed by atoms with van der Waals surface area (Å²) in [4.78, 5) is 21.3. The number of halogens is 1. The Morgan fingerprint density at radius 3 is 2.52 bits per heavy atom. The molecule has 3 aromatic rings. The average Bonchev–Trinajstić information content (AvgIpc) is 3.14. The number of fused-ring (bicyclic) bond motifs is 1. The zero-order valence-corrected chi connectivity index (χ0v) is 17.8. The molecule has 0 unspecified atom stereocenters. The standard InChI is InChI=1S/C21H24FN3O3S/c1-14-5-10-17(27-4)19-20(14)29-21(23-19)25(12-11-24(2)3)18(26)13-28-16-8-6-15(22)7-9-16/h5-10H,11-13H2,1-4H3. The molecule has 3 rings (SSSR count). The van der Waals surface area contributed by atoms with Crippen LogP contribution < -0.4 is 14.4 Å². The number of aromatic nitrogens is 1. The number of aryl methyl sites for hydroxylation is 1. The third-order valence-corrected chi connectivity index (χ3v) is 5.60. The van der Waals surface area contributed by atoms with E-state index in [1.165, 1.54) is 35.6 Å². The Morgan fingerprint density at radius 2 is 1.86 bits per heavy atom. The fraction of sp³-hybridized carbons (Fsp3) is 0.333. The Morgan fingerprint density at radius 1 is 1.14 bits per heavy atom. The van der Waals surface area contributed by atoms with E-state index in [9.17, 15) is 9.18 Å². The molecule has 0 aliphatic rings. The Bertz CT molecular complexity index is 989. The third-order valence-electron chi connectivity index (χ3n) is 4.39. The first-order chi connectivity index (χ1) is 13.9. The maximum atomic E-state index is 13.1. The van der Waals surface area contributed by atoms with E-state index in [0.29, 0.717) is 29.7 Å². The summed E-state index contributed by atoms with van der Waals surface area (Å²) in [5.41, 5.74) is 1.82. The summed E-state index contributed by atoms with van der Waals surface area (Å²) in [5, 5.41) is 0.599. The predicted molar refractivity (Wildman–Crippen MR) is 114 cm³/mol. The largest absolute Gasteiger partial charge is 0.494 e. The minimum Gasteiger partial charge on any atom is -0.494 e. The zero-order chi connectivity index (χ0) is 21.0. The maximum absolute atomic E-state index is 13.1. The van der Waals surface area contributed by atoms with Crippen molar-refractivity contribution in [2.75, 3.05) is 45.8 Å². The van der Waals surface area contributed by atoms with Crippen LogP contribution in [0.15, 0.2) is 36.4 Å². The van der Waals surface area contributed by atoms with E-state index in [2.05, 4.69) is 4.98 Å². The number of carbonyl (C=O) groups is 1. The van der Waals surface area contributed by atoms with Crippen molar-refractivity contribution in [2.24, 2.45) is 0 Å². The van der Waals surface area contributed by atoms with Crippen LogP contribution in [0.5, 0.6) is 11.5 Å². The Hall–Kier alpha value is -2.71. The lowest BCUT2D eigenvalue weighted by molar-refractivity contribution is -0.120. The molecule has 6 nitrogen and oxygen atoms in total. The monoisotopic (exact) mass is 417 g/mol. The molecule has 1 aromatic heterocycles. The Labute approximate surface area is 173 Å². The van der Waals surface area contributed by atoms with E-state index in [1.54, 1.807) is 12.0 Å². The van der Waals surface area contributed by atoms with Gasteiger partial charge in [0.05, 0.1) is 11.8 Å². The number of hydrogen-bond donors (Lipinski definition) is 0. The number of thiazole rings is 1. The molecule has 0 N–H and O–H groups in total. The predicted octanol–water partition coefficient (Wildman–Crippen LogP) is 3.73. The number of amides is 1. The number of benzene rings is 2. The summed E-state index contributed by atoms with van der Waals surface area (Å²) in [6.07, 6.45) is 0. The molecular weight excluding hydrogens is 393 g/mol. The SMILES string of the molecule is COc1ccc(C)c2sc(N(CCN(C)C)C(=O)COc3ccc(F)cc3)nc12. The van der Waals surface area contributed by atoms with E-state index in [4.69, 9.17) is 9.47 Å². The first-order valence-electron chi connectivity index (χ1n) is 9.16. The van der Waals surface area contributed by atoms with Gasteiger partial charge in [-0.3, -0.25) is 9.69 Å². The number of hydrogen-bond acceptors (Lipinski definition) is 6. The van der Waals surface area contributed by atoms with Crippen molar-refractivity contribution in [2.45, 2.75) is 6.92 Å². The van der Waals surface area contributed by atoms with Crippen molar-refractivity contribution in [3.05, 3.63) is 47.8 Å². The number of methoxy groups -OCH3 is 1. The molecular formula is C21H24FN3O3S. The van der Waals surface area contributed by atoms with Crippen molar-refractivity contribution in [3.8, 4) is 11.5 Å². The van der Waals surface area contributed by atoms with Gasteiger partial charge in [-0.1, -0.05) is 17.4 Å². The summed E-state index contributed by atoms with van der Waals surface area (Å²) < 4.78 is 25.0.